The van der Waals surface area contributed by atoms with Crippen LogP contribution in [0.15, 0.2) is 83.1 Å². The number of hydrogen-bond acceptors (Lipinski definition) is 7. The lowest BCUT2D eigenvalue weighted by atomic mass is 10.2. The van der Waals surface area contributed by atoms with Crippen LogP contribution in [0.3, 0.4) is 0 Å². The number of fused-ring (bicyclic) bond motifs is 1. The van der Waals surface area contributed by atoms with Gasteiger partial charge in [0.2, 0.25) is 21.1 Å². The summed E-state index contributed by atoms with van der Waals surface area (Å²) in [6, 6.07) is 17.2. The van der Waals surface area contributed by atoms with Gasteiger partial charge in [-0.25, -0.2) is 17.9 Å². The molecule has 0 aliphatic rings. The van der Waals surface area contributed by atoms with Gasteiger partial charge in [0.05, 0.1) is 10.6 Å². The summed E-state index contributed by atoms with van der Waals surface area (Å²) in [7, 11) is -2.11. The van der Waals surface area contributed by atoms with E-state index >= 15 is 0 Å². The monoisotopic (exact) mass is 468 g/mol. The first-order valence-electron chi connectivity index (χ1n) is 9.62. The van der Waals surface area contributed by atoms with E-state index in [1.807, 2.05) is 30.3 Å². The molecular formula is C21H20N6O3S2. The molecule has 2 aromatic carbocycles. The summed E-state index contributed by atoms with van der Waals surface area (Å²) in [6.07, 6.45) is 3.35. The van der Waals surface area contributed by atoms with E-state index in [9.17, 15) is 13.2 Å². The molecule has 0 radical (unpaired) electrons. The number of carbonyl (C=O) groups is 1. The fraction of sp³-hybridized carbons (Fsp3) is 0.143. The molecule has 1 N–H and O–H groups in total. The van der Waals surface area contributed by atoms with Crippen molar-refractivity contribution < 1.29 is 13.2 Å². The van der Waals surface area contributed by atoms with Crippen LogP contribution in [0.5, 0.6) is 0 Å². The first-order valence-corrected chi connectivity index (χ1v) is 12.0. The summed E-state index contributed by atoms with van der Waals surface area (Å²) in [6.45, 7) is 0.269. The van der Waals surface area contributed by atoms with Crippen molar-refractivity contribution in [3.63, 3.8) is 0 Å². The summed E-state index contributed by atoms with van der Waals surface area (Å²) in [4.78, 5) is 20.7. The van der Waals surface area contributed by atoms with Crippen LogP contribution < -0.4 is 5.32 Å². The first-order chi connectivity index (χ1) is 15.4. The molecule has 4 aromatic rings. The Labute approximate surface area is 189 Å². The number of sulfonamides is 1. The topological polar surface area (TPSA) is 110 Å². The van der Waals surface area contributed by atoms with Crippen molar-refractivity contribution in [3.8, 4) is 0 Å². The fourth-order valence-electron chi connectivity index (χ4n) is 2.92. The molecule has 11 heteroatoms. The average molecular weight is 469 g/mol. The molecule has 0 atom stereocenters. The Bertz CT molecular complexity index is 1290. The van der Waals surface area contributed by atoms with Crippen molar-refractivity contribution in [1.29, 1.82) is 0 Å². The predicted octanol–water partition coefficient (Wildman–Crippen LogP) is 2.68. The number of carbonyl (C=O) groups excluding carboxylic acids is 1. The van der Waals surface area contributed by atoms with Crippen LogP contribution in [0.4, 0.5) is 5.69 Å². The van der Waals surface area contributed by atoms with Gasteiger partial charge in [0.1, 0.15) is 0 Å². The quantitative estimate of drug-likeness (QED) is 0.396. The highest BCUT2D eigenvalue weighted by atomic mass is 32.2. The van der Waals surface area contributed by atoms with Crippen LogP contribution in [0.1, 0.15) is 5.56 Å². The van der Waals surface area contributed by atoms with Gasteiger partial charge in [-0.2, -0.15) is 9.29 Å². The zero-order valence-electron chi connectivity index (χ0n) is 17.1. The zero-order chi connectivity index (χ0) is 22.6. The molecule has 1 amide bonds. The van der Waals surface area contributed by atoms with Gasteiger partial charge >= 0.3 is 0 Å². The third kappa shape index (κ3) is 5.13. The van der Waals surface area contributed by atoms with Crippen molar-refractivity contribution in [1.82, 2.24) is 23.9 Å². The molecule has 4 rings (SSSR count). The number of rotatable bonds is 8. The molecule has 32 heavy (non-hydrogen) atoms. The standard InChI is InChI=1S/C21H20N6O3S2/c1-26(14-16-6-3-2-4-7-16)32(29,30)18-10-8-17(9-11-18)23-19(28)15-31-21-24-20-22-12-5-13-27(20)25-21/h2-13H,14-15H2,1H3,(H,23,28). The predicted molar refractivity (Wildman–Crippen MR) is 122 cm³/mol. The van der Waals surface area contributed by atoms with Crippen molar-refractivity contribution in [2.75, 3.05) is 18.1 Å². The molecule has 0 aliphatic heterocycles. The highest BCUT2D eigenvalue weighted by Crippen LogP contribution is 2.20. The molecule has 164 valence electrons. The van der Waals surface area contributed by atoms with E-state index < -0.39 is 10.0 Å². The van der Waals surface area contributed by atoms with E-state index in [-0.39, 0.29) is 23.1 Å². The van der Waals surface area contributed by atoms with Gasteiger partial charge in [0, 0.05) is 31.7 Å². The highest BCUT2D eigenvalue weighted by molar-refractivity contribution is 7.99. The smallest absolute Gasteiger partial charge is 0.253 e. The molecule has 0 saturated carbocycles. The van der Waals surface area contributed by atoms with Gasteiger partial charge < -0.3 is 5.32 Å². The van der Waals surface area contributed by atoms with Crippen molar-refractivity contribution in [2.24, 2.45) is 0 Å². The van der Waals surface area contributed by atoms with E-state index in [4.69, 9.17) is 0 Å². The van der Waals surface area contributed by atoms with Crippen molar-refractivity contribution in [2.45, 2.75) is 16.6 Å². The minimum atomic E-state index is -3.65. The minimum absolute atomic E-state index is 0.108. The van der Waals surface area contributed by atoms with Gasteiger partial charge in [-0.05, 0) is 35.9 Å². The van der Waals surface area contributed by atoms with Crippen LogP contribution in [0, 0.1) is 0 Å². The van der Waals surface area contributed by atoms with E-state index in [0.717, 1.165) is 5.56 Å². The number of nitrogens with zero attached hydrogens (tertiary/aromatic N) is 5. The first kappa shape index (κ1) is 21.9. The Kier molecular flexibility index (Phi) is 6.49. The third-order valence-corrected chi connectivity index (χ3v) is 7.18. The Balaban J connectivity index is 1.34. The van der Waals surface area contributed by atoms with Crippen LogP contribution in [-0.4, -0.2) is 51.0 Å². The number of anilines is 1. The lowest BCUT2D eigenvalue weighted by Crippen LogP contribution is -2.26. The Hall–Kier alpha value is -3.28. The van der Waals surface area contributed by atoms with Crippen molar-refractivity contribution >= 4 is 39.2 Å². The number of aromatic nitrogens is 4. The number of amides is 1. The SMILES string of the molecule is CN(Cc1ccccc1)S(=O)(=O)c1ccc(NC(=O)CSc2nc3ncccn3n2)cc1. The van der Waals surface area contributed by atoms with E-state index in [1.165, 1.54) is 39.8 Å². The maximum atomic E-state index is 12.8. The normalized spacial score (nSPS) is 11.7. The largest absolute Gasteiger partial charge is 0.325 e. The average Bonchev–Trinajstić information content (AvgIpc) is 3.22. The Morgan fingerprint density at radius 3 is 2.56 bits per heavy atom. The summed E-state index contributed by atoms with van der Waals surface area (Å²) in [5, 5.41) is 7.42. The van der Waals surface area contributed by atoms with E-state index in [0.29, 0.717) is 16.6 Å². The lowest BCUT2D eigenvalue weighted by Gasteiger charge is -2.17. The molecule has 0 saturated heterocycles. The zero-order valence-corrected chi connectivity index (χ0v) is 18.8. The van der Waals surface area contributed by atoms with Crippen LogP contribution in [0.25, 0.3) is 5.78 Å². The highest BCUT2D eigenvalue weighted by Gasteiger charge is 2.21. The summed E-state index contributed by atoms with van der Waals surface area (Å²) in [5.41, 5.74) is 1.40. The maximum absolute atomic E-state index is 12.8. The fourth-order valence-corrected chi connectivity index (χ4v) is 4.70. The molecule has 2 heterocycles. The molecule has 0 aliphatic carbocycles. The Morgan fingerprint density at radius 1 is 1.09 bits per heavy atom. The second-order valence-electron chi connectivity index (χ2n) is 6.87. The second kappa shape index (κ2) is 9.47. The molecule has 2 aromatic heterocycles. The van der Waals surface area contributed by atoms with Gasteiger partial charge in [-0.3, -0.25) is 4.79 Å². The van der Waals surface area contributed by atoms with Crippen LogP contribution >= 0.6 is 11.8 Å². The number of hydrogen-bond donors (Lipinski definition) is 1. The molecule has 0 unspecified atom stereocenters. The van der Waals surface area contributed by atoms with Gasteiger partial charge in [-0.1, -0.05) is 42.1 Å². The van der Waals surface area contributed by atoms with Crippen LogP contribution in [0.2, 0.25) is 0 Å². The second-order valence-corrected chi connectivity index (χ2v) is 9.85. The summed E-state index contributed by atoms with van der Waals surface area (Å²) in [5.74, 6) is 0.319. The molecule has 0 fully saturated rings. The van der Waals surface area contributed by atoms with Crippen molar-refractivity contribution in [3.05, 3.63) is 78.6 Å². The number of nitrogens with one attached hydrogen (secondary N) is 1. The number of benzene rings is 2. The van der Waals surface area contributed by atoms with Gasteiger partial charge in [0.15, 0.2) is 0 Å². The lowest BCUT2D eigenvalue weighted by molar-refractivity contribution is -0.113. The van der Waals surface area contributed by atoms with Gasteiger partial charge in [0.25, 0.3) is 5.78 Å². The molecule has 9 nitrogen and oxygen atoms in total. The Morgan fingerprint density at radius 2 is 1.84 bits per heavy atom. The van der Waals surface area contributed by atoms with E-state index in [1.54, 1.807) is 30.6 Å². The molecular weight excluding hydrogens is 448 g/mol. The summed E-state index contributed by atoms with van der Waals surface area (Å²) < 4.78 is 28.5. The number of thioether (sulfide) groups is 1. The molecule has 0 bridgehead atoms. The maximum Gasteiger partial charge on any atom is 0.253 e. The summed E-state index contributed by atoms with van der Waals surface area (Å²) >= 11 is 1.19. The molecule has 0 spiro atoms. The van der Waals surface area contributed by atoms with Gasteiger partial charge in [-0.15, -0.1) is 5.10 Å². The minimum Gasteiger partial charge on any atom is -0.325 e. The third-order valence-electron chi connectivity index (χ3n) is 4.52. The van der Waals surface area contributed by atoms with E-state index in [2.05, 4.69) is 20.4 Å². The van der Waals surface area contributed by atoms with Crippen LogP contribution in [-0.2, 0) is 21.4 Å².